The largest absolute Gasteiger partial charge is 0.496 e. The van der Waals surface area contributed by atoms with Crippen LogP contribution in [0.5, 0.6) is 17.2 Å². The summed E-state index contributed by atoms with van der Waals surface area (Å²) in [4.78, 5) is 16.4. The first kappa shape index (κ1) is 16.9. The van der Waals surface area contributed by atoms with Gasteiger partial charge in [0, 0.05) is 30.8 Å². The molecule has 0 radical (unpaired) electrons. The molecule has 1 amide bonds. The molecule has 0 aliphatic rings. The zero-order chi connectivity index (χ0) is 18.0. The number of nitrogens with two attached hydrogens (primary N) is 1. The van der Waals surface area contributed by atoms with Crippen molar-refractivity contribution in [2.24, 2.45) is 0 Å². The van der Waals surface area contributed by atoms with E-state index < -0.39 is 0 Å². The van der Waals surface area contributed by atoms with Crippen LogP contribution in [-0.4, -0.2) is 25.0 Å². The summed E-state index contributed by atoms with van der Waals surface area (Å²) in [5.74, 6) is 1.25. The van der Waals surface area contributed by atoms with E-state index in [1.807, 2.05) is 0 Å². The number of halogens is 1. The highest BCUT2D eigenvalue weighted by atomic mass is 35.5. The van der Waals surface area contributed by atoms with Gasteiger partial charge in [0.15, 0.2) is 0 Å². The highest BCUT2D eigenvalue weighted by Crippen LogP contribution is 2.34. The summed E-state index contributed by atoms with van der Waals surface area (Å²) in [5.41, 5.74) is 7.23. The van der Waals surface area contributed by atoms with Gasteiger partial charge in [0.25, 0.3) is 5.91 Å². The molecular weight excluding hydrogens is 342 g/mol. The number of nitrogens with zero attached hydrogens (tertiary/aromatic N) is 1. The van der Waals surface area contributed by atoms with E-state index in [0.717, 1.165) is 0 Å². The average molecular weight is 358 g/mol. The second-order valence-corrected chi connectivity index (χ2v) is 5.65. The molecule has 0 fully saturated rings. The molecule has 3 rings (SSSR count). The van der Waals surface area contributed by atoms with Gasteiger partial charge in [0.1, 0.15) is 17.2 Å². The fraction of sp³-hybridized carbons (Fsp3) is 0.111. The molecule has 0 unspecified atom stereocenters. The number of hydrogen-bond donors (Lipinski definition) is 2. The number of nitrogen functional groups attached to an aromatic ring is 1. The van der Waals surface area contributed by atoms with E-state index in [9.17, 15) is 4.79 Å². The number of nitrogens with one attached hydrogen (secondary N) is 1. The van der Waals surface area contributed by atoms with Gasteiger partial charge >= 0.3 is 0 Å². The Kier molecular flexibility index (Phi) is 4.63. The second kappa shape index (κ2) is 6.86. The third-order valence-electron chi connectivity index (χ3n) is 3.69. The molecule has 7 heteroatoms. The van der Waals surface area contributed by atoms with Crippen molar-refractivity contribution in [1.82, 2.24) is 10.3 Å². The lowest BCUT2D eigenvalue weighted by atomic mass is 10.1. The first-order chi connectivity index (χ1) is 12.0. The SMILES string of the molecule is CNC(=O)c1cc2c(Oc3ccc(N)c(Cl)c3)ccnc2cc1OC. The Morgan fingerprint density at radius 1 is 1.20 bits per heavy atom. The van der Waals surface area contributed by atoms with Gasteiger partial charge < -0.3 is 20.5 Å². The lowest BCUT2D eigenvalue weighted by Gasteiger charge is -2.13. The summed E-state index contributed by atoms with van der Waals surface area (Å²) in [6.45, 7) is 0. The van der Waals surface area contributed by atoms with Crippen molar-refractivity contribution >= 4 is 34.1 Å². The van der Waals surface area contributed by atoms with Crippen molar-refractivity contribution in [2.45, 2.75) is 0 Å². The van der Waals surface area contributed by atoms with Crippen molar-refractivity contribution in [3.8, 4) is 17.2 Å². The van der Waals surface area contributed by atoms with Gasteiger partial charge in [-0.15, -0.1) is 0 Å². The summed E-state index contributed by atoms with van der Waals surface area (Å²) in [5, 5.41) is 3.67. The number of aromatic nitrogens is 1. The van der Waals surface area contributed by atoms with Crippen LogP contribution in [0.2, 0.25) is 5.02 Å². The Bertz CT molecular complexity index is 960. The number of methoxy groups -OCH3 is 1. The maximum absolute atomic E-state index is 12.1. The van der Waals surface area contributed by atoms with E-state index in [-0.39, 0.29) is 5.91 Å². The van der Waals surface area contributed by atoms with E-state index >= 15 is 0 Å². The zero-order valence-corrected chi connectivity index (χ0v) is 14.4. The normalized spacial score (nSPS) is 10.5. The maximum atomic E-state index is 12.1. The number of rotatable bonds is 4. The van der Waals surface area contributed by atoms with Gasteiger partial charge in [-0.3, -0.25) is 9.78 Å². The molecule has 0 saturated carbocycles. The molecule has 3 N–H and O–H groups in total. The van der Waals surface area contributed by atoms with Crippen molar-refractivity contribution in [3.63, 3.8) is 0 Å². The van der Waals surface area contributed by atoms with Crippen molar-refractivity contribution in [3.05, 3.63) is 53.2 Å². The van der Waals surface area contributed by atoms with Gasteiger partial charge in [0.05, 0.1) is 28.9 Å². The van der Waals surface area contributed by atoms with Crippen molar-refractivity contribution < 1.29 is 14.3 Å². The Morgan fingerprint density at radius 3 is 2.68 bits per heavy atom. The molecule has 1 heterocycles. The van der Waals surface area contributed by atoms with E-state index in [4.69, 9.17) is 26.8 Å². The lowest BCUT2D eigenvalue weighted by Crippen LogP contribution is -2.18. The molecule has 0 spiro atoms. The smallest absolute Gasteiger partial charge is 0.254 e. The molecule has 0 aliphatic heterocycles. The Morgan fingerprint density at radius 2 is 2.00 bits per heavy atom. The molecule has 0 saturated heterocycles. The molecule has 3 aromatic rings. The first-order valence-electron chi connectivity index (χ1n) is 7.45. The molecule has 25 heavy (non-hydrogen) atoms. The monoisotopic (exact) mass is 357 g/mol. The predicted octanol–water partition coefficient (Wildman–Crippen LogP) is 3.63. The summed E-state index contributed by atoms with van der Waals surface area (Å²) in [6, 6.07) is 10.1. The molecule has 0 atom stereocenters. The topological polar surface area (TPSA) is 86.5 Å². The van der Waals surface area contributed by atoms with Crippen LogP contribution >= 0.6 is 11.6 Å². The van der Waals surface area contributed by atoms with E-state index in [1.54, 1.807) is 49.6 Å². The number of pyridine rings is 1. The van der Waals surface area contributed by atoms with Crippen LogP contribution in [0.25, 0.3) is 10.9 Å². The number of carbonyl (C=O) groups excluding carboxylic acids is 1. The summed E-state index contributed by atoms with van der Waals surface area (Å²) in [7, 11) is 3.06. The molecule has 2 aromatic carbocycles. The quantitative estimate of drug-likeness (QED) is 0.696. The van der Waals surface area contributed by atoms with Gasteiger partial charge in [-0.05, 0) is 24.3 Å². The van der Waals surface area contributed by atoms with Gasteiger partial charge in [-0.25, -0.2) is 0 Å². The fourth-order valence-electron chi connectivity index (χ4n) is 2.42. The molecule has 0 bridgehead atoms. The zero-order valence-electron chi connectivity index (χ0n) is 13.7. The van der Waals surface area contributed by atoms with Crippen LogP contribution in [0, 0.1) is 0 Å². The van der Waals surface area contributed by atoms with Crippen LogP contribution in [0.3, 0.4) is 0 Å². The minimum Gasteiger partial charge on any atom is -0.496 e. The average Bonchev–Trinajstić information content (AvgIpc) is 2.63. The number of anilines is 1. The van der Waals surface area contributed by atoms with E-state index in [1.165, 1.54) is 7.11 Å². The summed E-state index contributed by atoms with van der Waals surface area (Å²) >= 11 is 6.04. The molecule has 128 valence electrons. The van der Waals surface area contributed by atoms with Crippen LogP contribution in [0.4, 0.5) is 5.69 Å². The highest BCUT2D eigenvalue weighted by molar-refractivity contribution is 6.33. The molecule has 0 aliphatic carbocycles. The van der Waals surface area contributed by atoms with Crippen molar-refractivity contribution in [1.29, 1.82) is 0 Å². The molecule has 6 nitrogen and oxygen atoms in total. The predicted molar refractivity (Wildman–Crippen MR) is 97.6 cm³/mol. The van der Waals surface area contributed by atoms with E-state index in [0.29, 0.717) is 44.4 Å². The number of carbonyl (C=O) groups is 1. The summed E-state index contributed by atoms with van der Waals surface area (Å²) in [6.07, 6.45) is 1.62. The Balaban J connectivity index is 2.11. The highest BCUT2D eigenvalue weighted by Gasteiger charge is 2.15. The number of benzene rings is 2. The van der Waals surface area contributed by atoms with Gasteiger partial charge in [-0.2, -0.15) is 0 Å². The maximum Gasteiger partial charge on any atom is 0.254 e. The van der Waals surface area contributed by atoms with Gasteiger partial charge in [0.2, 0.25) is 0 Å². The second-order valence-electron chi connectivity index (χ2n) is 5.24. The number of amides is 1. The van der Waals surface area contributed by atoms with Crippen LogP contribution < -0.4 is 20.5 Å². The Labute approximate surface area is 149 Å². The Hall–Kier alpha value is -2.99. The standard InChI is InChI=1S/C18H16ClN3O3/c1-21-18(23)12-8-11-15(9-17(12)24-2)22-6-5-16(11)25-10-3-4-14(20)13(19)7-10/h3-9H,20H2,1-2H3,(H,21,23). The number of fused-ring (bicyclic) bond motifs is 1. The number of hydrogen-bond acceptors (Lipinski definition) is 5. The minimum absolute atomic E-state index is 0.260. The molecular formula is C18H16ClN3O3. The fourth-order valence-corrected chi connectivity index (χ4v) is 2.59. The van der Waals surface area contributed by atoms with Crippen LogP contribution in [0.1, 0.15) is 10.4 Å². The van der Waals surface area contributed by atoms with Crippen LogP contribution in [-0.2, 0) is 0 Å². The lowest BCUT2D eigenvalue weighted by molar-refractivity contribution is 0.0960. The summed E-state index contributed by atoms with van der Waals surface area (Å²) < 4.78 is 11.2. The van der Waals surface area contributed by atoms with Crippen molar-refractivity contribution in [2.75, 3.05) is 19.9 Å². The third-order valence-corrected chi connectivity index (χ3v) is 4.02. The minimum atomic E-state index is -0.260. The first-order valence-corrected chi connectivity index (χ1v) is 7.83. The molecule has 1 aromatic heterocycles. The third kappa shape index (κ3) is 3.29. The van der Waals surface area contributed by atoms with Gasteiger partial charge in [-0.1, -0.05) is 11.6 Å². The van der Waals surface area contributed by atoms with E-state index in [2.05, 4.69) is 10.3 Å². The number of ether oxygens (including phenoxy) is 2. The van der Waals surface area contributed by atoms with Crippen LogP contribution in [0.15, 0.2) is 42.6 Å².